The highest BCUT2D eigenvalue weighted by atomic mass is 19.1. The van der Waals surface area contributed by atoms with E-state index in [-0.39, 0.29) is 18.1 Å². The van der Waals surface area contributed by atoms with Crippen LogP contribution in [0.3, 0.4) is 0 Å². The Hall–Kier alpha value is -2.06. The lowest BCUT2D eigenvalue weighted by Gasteiger charge is -2.24. The molecule has 1 aliphatic rings. The second kappa shape index (κ2) is 7.23. The number of carbonyl (C=O) groups excluding carboxylic acids is 1. The number of ether oxygens (including phenoxy) is 1. The molecule has 0 radical (unpaired) electrons. The smallest absolute Gasteiger partial charge is 0.351 e. The number of halogens is 1. The van der Waals surface area contributed by atoms with Gasteiger partial charge in [0.15, 0.2) is 11.9 Å². The van der Waals surface area contributed by atoms with E-state index in [9.17, 15) is 19.1 Å². The summed E-state index contributed by atoms with van der Waals surface area (Å²) < 4.78 is 20.9. The predicted molar refractivity (Wildman–Crippen MR) is 86.3 cm³/mol. The number of unbranched alkanes of at least 4 members (excludes halogenated alkanes) is 1. The summed E-state index contributed by atoms with van der Waals surface area (Å²) in [6.07, 6.45) is 1.30. The van der Waals surface area contributed by atoms with E-state index < -0.39 is 29.8 Å². The van der Waals surface area contributed by atoms with E-state index in [0.717, 1.165) is 11.0 Å². The van der Waals surface area contributed by atoms with Gasteiger partial charge in [-0.15, -0.1) is 6.58 Å². The van der Waals surface area contributed by atoms with Crippen molar-refractivity contribution in [3.8, 4) is 0 Å². The van der Waals surface area contributed by atoms with Crippen molar-refractivity contribution in [3.05, 3.63) is 35.4 Å². The van der Waals surface area contributed by atoms with Crippen molar-refractivity contribution in [1.82, 2.24) is 9.55 Å². The van der Waals surface area contributed by atoms with Crippen LogP contribution in [0.4, 0.5) is 10.2 Å². The van der Waals surface area contributed by atoms with Crippen LogP contribution in [0, 0.1) is 0 Å². The summed E-state index contributed by atoms with van der Waals surface area (Å²) >= 11 is 0. The second-order valence-electron chi connectivity index (χ2n) is 6.02. The van der Waals surface area contributed by atoms with E-state index in [1.54, 1.807) is 6.08 Å². The van der Waals surface area contributed by atoms with Crippen molar-refractivity contribution in [1.29, 1.82) is 0 Å². The zero-order chi connectivity index (χ0) is 17.9. The fourth-order valence-corrected chi connectivity index (χ4v) is 2.63. The Morgan fingerprint density at radius 3 is 2.92 bits per heavy atom. The molecule has 8 heteroatoms. The Morgan fingerprint density at radius 2 is 2.38 bits per heavy atom. The van der Waals surface area contributed by atoms with Crippen LogP contribution in [-0.4, -0.2) is 38.4 Å². The van der Waals surface area contributed by atoms with Crippen molar-refractivity contribution in [3.63, 3.8) is 0 Å². The Morgan fingerprint density at radius 1 is 1.67 bits per heavy atom. The number of aromatic nitrogens is 2. The summed E-state index contributed by atoms with van der Waals surface area (Å²) in [6.45, 7) is 6.28. The number of hydrogen-bond donors (Lipinski definition) is 2. The number of carbonyl (C=O) groups is 1. The van der Waals surface area contributed by atoms with Gasteiger partial charge in [-0.1, -0.05) is 6.08 Å². The van der Waals surface area contributed by atoms with Crippen molar-refractivity contribution in [2.45, 2.75) is 57.2 Å². The lowest BCUT2D eigenvalue weighted by Crippen LogP contribution is -2.42. The van der Waals surface area contributed by atoms with E-state index in [4.69, 9.17) is 4.74 Å². The number of amides is 1. The molecule has 1 amide bonds. The minimum absolute atomic E-state index is 0.0898. The number of anilines is 1. The Kier molecular flexibility index (Phi) is 5.51. The van der Waals surface area contributed by atoms with Gasteiger partial charge in [0.05, 0.1) is 6.10 Å². The zero-order valence-corrected chi connectivity index (χ0v) is 13.7. The highest BCUT2D eigenvalue weighted by Crippen LogP contribution is 2.40. The van der Waals surface area contributed by atoms with Crippen LogP contribution in [-0.2, 0) is 9.53 Å². The molecule has 1 saturated heterocycles. The van der Waals surface area contributed by atoms with Crippen LogP contribution in [0.25, 0.3) is 0 Å². The van der Waals surface area contributed by atoms with Gasteiger partial charge < -0.3 is 15.2 Å². The third kappa shape index (κ3) is 3.70. The molecule has 1 aromatic rings. The van der Waals surface area contributed by atoms with Crippen molar-refractivity contribution in [2.24, 2.45) is 0 Å². The fraction of sp³-hybridized carbons (Fsp3) is 0.562. The molecule has 1 aromatic heterocycles. The van der Waals surface area contributed by atoms with E-state index in [2.05, 4.69) is 16.9 Å². The van der Waals surface area contributed by atoms with E-state index >= 15 is 0 Å². The fourth-order valence-electron chi connectivity index (χ4n) is 2.63. The highest BCUT2D eigenvalue weighted by molar-refractivity contribution is 5.89. The molecule has 2 N–H and O–H groups in total. The van der Waals surface area contributed by atoms with Crippen LogP contribution in [0.2, 0.25) is 0 Å². The number of alkyl halides is 1. The van der Waals surface area contributed by atoms with E-state index in [1.807, 2.05) is 0 Å². The van der Waals surface area contributed by atoms with Gasteiger partial charge in [0.2, 0.25) is 5.91 Å². The molecule has 7 nitrogen and oxygen atoms in total. The molecular formula is C16H22FN3O4. The number of nitrogens with zero attached hydrogens (tertiary/aromatic N) is 2. The van der Waals surface area contributed by atoms with Gasteiger partial charge in [0.1, 0.15) is 11.9 Å². The second-order valence-corrected chi connectivity index (χ2v) is 6.02. The summed E-state index contributed by atoms with van der Waals surface area (Å²) in [6, 6.07) is 1.39. The SMILES string of the molecule is C=CCCCC(=O)Nc1ccn(C2OC(C)C(O)C2(C)F)c(=O)n1. The summed E-state index contributed by atoms with van der Waals surface area (Å²) in [5, 5.41) is 12.3. The Labute approximate surface area is 139 Å². The summed E-state index contributed by atoms with van der Waals surface area (Å²) in [4.78, 5) is 27.6. The zero-order valence-electron chi connectivity index (χ0n) is 13.7. The molecule has 0 aliphatic carbocycles. The maximum atomic E-state index is 14.6. The van der Waals surface area contributed by atoms with Gasteiger partial charge in [0, 0.05) is 12.6 Å². The average molecular weight is 339 g/mol. The first-order valence-corrected chi connectivity index (χ1v) is 7.79. The minimum Gasteiger partial charge on any atom is -0.387 e. The summed E-state index contributed by atoms with van der Waals surface area (Å²) in [5.41, 5.74) is -2.89. The van der Waals surface area contributed by atoms with Crippen LogP contribution >= 0.6 is 0 Å². The number of nitrogens with one attached hydrogen (secondary N) is 1. The average Bonchev–Trinajstić information content (AvgIpc) is 2.71. The first-order valence-electron chi connectivity index (χ1n) is 7.79. The minimum atomic E-state index is -2.12. The molecule has 0 aromatic carbocycles. The number of aliphatic hydroxyl groups excluding tert-OH is 1. The van der Waals surface area contributed by atoms with Crippen LogP contribution < -0.4 is 11.0 Å². The molecule has 1 fully saturated rings. The van der Waals surface area contributed by atoms with Crippen LogP contribution in [0.1, 0.15) is 39.3 Å². The van der Waals surface area contributed by atoms with Gasteiger partial charge in [0.25, 0.3) is 0 Å². The highest BCUT2D eigenvalue weighted by Gasteiger charge is 2.53. The van der Waals surface area contributed by atoms with Gasteiger partial charge in [-0.25, -0.2) is 9.18 Å². The molecule has 0 spiro atoms. The first kappa shape index (κ1) is 18.3. The molecule has 2 heterocycles. The topological polar surface area (TPSA) is 93.5 Å². The van der Waals surface area contributed by atoms with Gasteiger partial charge >= 0.3 is 5.69 Å². The Bertz CT molecular complexity index is 674. The van der Waals surface area contributed by atoms with E-state index in [1.165, 1.54) is 26.1 Å². The standard InChI is InChI=1S/C16H22FN3O4/c1-4-5-6-7-12(21)18-11-8-9-20(15(23)19-11)14-16(3,17)13(22)10(2)24-14/h4,8-10,13-14,22H,1,5-7H2,2-3H3,(H,18,19,21,23). The van der Waals surface area contributed by atoms with Gasteiger partial charge in [-0.2, -0.15) is 4.98 Å². The normalized spacial score (nSPS) is 29.4. The maximum absolute atomic E-state index is 14.6. The van der Waals surface area contributed by atoms with Crippen molar-refractivity contribution in [2.75, 3.05) is 5.32 Å². The monoisotopic (exact) mass is 339 g/mol. The molecule has 2 rings (SSSR count). The predicted octanol–water partition coefficient (Wildman–Crippen LogP) is 1.54. The van der Waals surface area contributed by atoms with Crippen LogP contribution in [0.15, 0.2) is 29.7 Å². The third-order valence-electron chi connectivity index (χ3n) is 4.01. The first-order chi connectivity index (χ1) is 11.3. The lowest BCUT2D eigenvalue weighted by atomic mass is 9.99. The summed E-state index contributed by atoms with van der Waals surface area (Å²) in [7, 11) is 0. The van der Waals surface area contributed by atoms with Crippen LogP contribution in [0.5, 0.6) is 0 Å². The van der Waals surface area contributed by atoms with Gasteiger partial charge in [-0.3, -0.25) is 9.36 Å². The largest absolute Gasteiger partial charge is 0.387 e. The van der Waals surface area contributed by atoms with Crippen molar-refractivity contribution < 1.29 is 19.0 Å². The molecule has 132 valence electrons. The molecule has 4 atom stereocenters. The molecule has 1 aliphatic heterocycles. The van der Waals surface area contributed by atoms with Crippen molar-refractivity contribution >= 4 is 11.7 Å². The number of allylic oxidation sites excluding steroid dienone is 1. The molecule has 0 bridgehead atoms. The molecular weight excluding hydrogens is 317 g/mol. The number of aliphatic hydroxyl groups is 1. The third-order valence-corrected chi connectivity index (χ3v) is 4.01. The molecule has 4 unspecified atom stereocenters. The van der Waals surface area contributed by atoms with Gasteiger partial charge in [-0.05, 0) is 32.8 Å². The number of hydrogen-bond acceptors (Lipinski definition) is 5. The lowest BCUT2D eigenvalue weighted by molar-refractivity contribution is -0.116. The quantitative estimate of drug-likeness (QED) is 0.606. The van der Waals surface area contributed by atoms with E-state index in [0.29, 0.717) is 6.42 Å². The Balaban J connectivity index is 2.12. The molecule has 0 saturated carbocycles. The maximum Gasteiger partial charge on any atom is 0.351 e. The summed E-state index contributed by atoms with van der Waals surface area (Å²) in [5.74, 6) is -0.176. The molecule has 24 heavy (non-hydrogen) atoms. The number of rotatable bonds is 6.